The van der Waals surface area contributed by atoms with Crippen LogP contribution in [-0.4, -0.2) is 25.7 Å². The number of ether oxygens (including phenoxy) is 1. The number of esters is 1. The van der Waals surface area contributed by atoms with Gasteiger partial charge in [-0.25, -0.2) is 9.59 Å². The zero-order valence-corrected chi connectivity index (χ0v) is 13.7. The van der Waals surface area contributed by atoms with Crippen LogP contribution < -0.4 is 10.6 Å². The Balaban J connectivity index is 1.73. The van der Waals surface area contributed by atoms with E-state index in [1.165, 1.54) is 12.7 Å². The van der Waals surface area contributed by atoms with Gasteiger partial charge < -0.3 is 15.4 Å². The lowest BCUT2D eigenvalue weighted by molar-refractivity contribution is 0.0602. The van der Waals surface area contributed by atoms with Crippen LogP contribution in [-0.2, 0) is 11.2 Å². The average molecular weight is 326 g/mol. The minimum absolute atomic E-state index is 0.328. The SMILES string of the molecule is COC(=O)c1ccccc1NC(=O)NCCCCc1ccccc1. The zero-order chi connectivity index (χ0) is 17.2. The van der Waals surface area contributed by atoms with Gasteiger partial charge in [-0.15, -0.1) is 0 Å². The van der Waals surface area contributed by atoms with Gasteiger partial charge >= 0.3 is 12.0 Å². The van der Waals surface area contributed by atoms with Crippen molar-refractivity contribution < 1.29 is 14.3 Å². The van der Waals surface area contributed by atoms with Crippen molar-refractivity contribution in [2.45, 2.75) is 19.3 Å². The number of hydrogen-bond acceptors (Lipinski definition) is 3. The van der Waals surface area contributed by atoms with Crippen molar-refractivity contribution in [3.8, 4) is 0 Å². The summed E-state index contributed by atoms with van der Waals surface area (Å²) in [5, 5.41) is 5.48. The first-order chi connectivity index (χ1) is 11.7. The molecular formula is C19H22N2O3. The monoisotopic (exact) mass is 326 g/mol. The Kier molecular flexibility index (Phi) is 6.83. The first-order valence-corrected chi connectivity index (χ1v) is 7.97. The highest BCUT2D eigenvalue weighted by atomic mass is 16.5. The maximum atomic E-state index is 11.9. The van der Waals surface area contributed by atoms with Gasteiger partial charge in [0.2, 0.25) is 0 Å². The minimum atomic E-state index is -0.478. The molecule has 5 heteroatoms. The molecule has 2 aromatic rings. The normalized spacial score (nSPS) is 10.0. The molecule has 2 aromatic carbocycles. The number of methoxy groups -OCH3 is 1. The van der Waals surface area contributed by atoms with E-state index in [0.717, 1.165) is 19.3 Å². The number of urea groups is 1. The number of para-hydroxylation sites is 1. The molecule has 0 spiro atoms. The zero-order valence-electron chi connectivity index (χ0n) is 13.7. The Morgan fingerprint density at radius 1 is 0.958 bits per heavy atom. The second-order valence-corrected chi connectivity index (χ2v) is 5.36. The summed E-state index contributed by atoms with van der Waals surface area (Å²) in [6.07, 6.45) is 2.89. The molecule has 0 radical (unpaired) electrons. The van der Waals surface area contributed by atoms with E-state index >= 15 is 0 Å². The maximum absolute atomic E-state index is 11.9. The van der Waals surface area contributed by atoms with Crippen molar-refractivity contribution in [3.63, 3.8) is 0 Å². The van der Waals surface area contributed by atoms with Crippen LogP contribution in [0.4, 0.5) is 10.5 Å². The van der Waals surface area contributed by atoms with E-state index in [4.69, 9.17) is 4.74 Å². The number of amides is 2. The molecule has 0 aliphatic rings. The molecule has 2 N–H and O–H groups in total. The van der Waals surface area contributed by atoms with Gasteiger partial charge in [0.25, 0.3) is 0 Å². The van der Waals surface area contributed by atoms with Crippen molar-refractivity contribution >= 4 is 17.7 Å². The third-order valence-electron chi connectivity index (χ3n) is 3.60. The van der Waals surface area contributed by atoms with Crippen LogP contribution in [0.1, 0.15) is 28.8 Å². The van der Waals surface area contributed by atoms with E-state index in [1.807, 2.05) is 18.2 Å². The van der Waals surface area contributed by atoms with Crippen molar-refractivity contribution in [3.05, 3.63) is 65.7 Å². The number of rotatable bonds is 7. The first-order valence-electron chi connectivity index (χ1n) is 7.97. The van der Waals surface area contributed by atoms with Crippen LogP contribution in [0.5, 0.6) is 0 Å². The molecule has 0 atom stereocenters. The van der Waals surface area contributed by atoms with E-state index in [-0.39, 0.29) is 6.03 Å². The largest absolute Gasteiger partial charge is 0.465 e. The second-order valence-electron chi connectivity index (χ2n) is 5.36. The van der Waals surface area contributed by atoms with Gasteiger partial charge in [0.1, 0.15) is 0 Å². The number of hydrogen-bond donors (Lipinski definition) is 2. The topological polar surface area (TPSA) is 67.4 Å². The van der Waals surface area contributed by atoms with Crippen molar-refractivity contribution in [2.75, 3.05) is 19.0 Å². The lowest BCUT2D eigenvalue weighted by Crippen LogP contribution is -2.30. The number of carbonyl (C=O) groups excluding carboxylic acids is 2. The third kappa shape index (κ3) is 5.43. The van der Waals surface area contributed by atoms with E-state index < -0.39 is 5.97 Å². The lowest BCUT2D eigenvalue weighted by Gasteiger charge is -2.10. The Morgan fingerprint density at radius 2 is 1.67 bits per heavy atom. The molecule has 0 aromatic heterocycles. The Hall–Kier alpha value is -2.82. The molecule has 0 saturated heterocycles. The van der Waals surface area contributed by atoms with Gasteiger partial charge in [-0.2, -0.15) is 0 Å². The van der Waals surface area contributed by atoms with Gasteiger partial charge in [0, 0.05) is 6.54 Å². The molecule has 5 nitrogen and oxygen atoms in total. The van der Waals surface area contributed by atoms with Gasteiger partial charge in [0.05, 0.1) is 18.4 Å². The number of nitrogens with one attached hydrogen (secondary N) is 2. The van der Waals surface area contributed by atoms with Crippen LogP contribution in [0, 0.1) is 0 Å². The van der Waals surface area contributed by atoms with E-state index in [2.05, 4.69) is 22.8 Å². The fourth-order valence-electron chi connectivity index (χ4n) is 2.35. The van der Waals surface area contributed by atoms with E-state index in [0.29, 0.717) is 17.8 Å². The summed E-state index contributed by atoms with van der Waals surface area (Å²) in [4.78, 5) is 23.6. The Morgan fingerprint density at radius 3 is 2.42 bits per heavy atom. The highest BCUT2D eigenvalue weighted by molar-refractivity contribution is 6.00. The number of carbonyl (C=O) groups is 2. The number of aryl methyl sites for hydroxylation is 1. The fraction of sp³-hybridized carbons (Fsp3) is 0.263. The smallest absolute Gasteiger partial charge is 0.339 e. The quantitative estimate of drug-likeness (QED) is 0.603. The van der Waals surface area contributed by atoms with Gasteiger partial charge in [-0.3, -0.25) is 0 Å². The number of anilines is 1. The summed E-state index contributed by atoms with van der Waals surface area (Å²) in [7, 11) is 1.31. The summed E-state index contributed by atoms with van der Waals surface area (Å²) in [6, 6.07) is 16.7. The summed E-state index contributed by atoms with van der Waals surface area (Å²) in [6.45, 7) is 0.582. The van der Waals surface area contributed by atoms with Gasteiger partial charge in [-0.05, 0) is 37.0 Å². The maximum Gasteiger partial charge on any atom is 0.339 e. The molecule has 0 aliphatic heterocycles. The Labute approximate surface area is 142 Å². The average Bonchev–Trinajstić information content (AvgIpc) is 2.62. The highest BCUT2D eigenvalue weighted by Gasteiger charge is 2.12. The predicted molar refractivity (Wildman–Crippen MR) is 94.2 cm³/mol. The Bertz CT molecular complexity index is 671. The number of unbranched alkanes of at least 4 members (excludes halogenated alkanes) is 1. The molecule has 2 amide bonds. The predicted octanol–water partition coefficient (Wildman–Crippen LogP) is 3.62. The summed E-state index contributed by atoms with van der Waals surface area (Å²) >= 11 is 0. The molecule has 0 saturated carbocycles. The van der Waals surface area contributed by atoms with Crippen molar-refractivity contribution in [1.29, 1.82) is 0 Å². The first kappa shape index (κ1) is 17.5. The molecule has 0 unspecified atom stereocenters. The molecule has 0 fully saturated rings. The van der Waals surface area contributed by atoms with Gasteiger partial charge in [0.15, 0.2) is 0 Å². The van der Waals surface area contributed by atoms with Crippen LogP contribution >= 0.6 is 0 Å². The second kappa shape index (κ2) is 9.35. The van der Waals surface area contributed by atoms with E-state index in [9.17, 15) is 9.59 Å². The summed E-state index contributed by atoms with van der Waals surface area (Å²) in [5.74, 6) is -0.478. The molecule has 126 valence electrons. The van der Waals surface area contributed by atoms with E-state index in [1.54, 1.807) is 24.3 Å². The van der Waals surface area contributed by atoms with Gasteiger partial charge in [-0.1, -0.05) is 42.5 Å². The van der Waals surface area contributed by atoms with Crippen molar-refractivity contribution in [2.24, 2.45) is 0 Å². The van der Waals surface area contributed by atoms with Crippen LogP contribution in [0.2, 0.25) is 0 Å². The lowest BCUT2D eigenvalue weighted by atomic mass is 10.1. The summed E-state index contributed by atoms with van der Waals surface area (Å²) in [5.41, 5.74) is 2.07. The molecular weight excluding hydrogens is 304 g/mol. The molecule has 0 heterocycles. The minimum Gasteiger partial charge on any atom is -0.465 e. The fourth-order valence-corrected chi connectivity index (χ4v) is 2.35. The molecule has 2 rings (SSSR count). The van der Waals surface area contributed by atoms with Crippen LogP contribution in [0.15, 0.2) is 54.6 Å². The number of benzene rings is 2. The van der Waals surface area contributed by atoms with Crippen molar-refractivity contribution in [1.82, 2.24) is 5.32 Å². The van der Waals surface area contributed by atoms with Crippen LogP contribution in [0.25, 0.3) is 0 Å². The third-order valence-corrected chi connectivity index (χ3v) is 3.60. The molecule has 0 bridgehead atoms. The van der Waals surface area contributed by atoms with Crippen LogP contribution in [0.3, 0.4) is 0 Å². The molecule has 24 heavy (non-hydrogen) atoms. The summed E-state index contributed by atoms with van der Waals surface area (Å²) < 4.78 is 4.70. The molecule has 0 aliphatic carbocycles. The highest BCUT2D eigenvalue weighted by Crippen LogP contribution is 2.15. The standard InChI is InChI=1S/C19H22N2O3/c1-24-18(22)16-12-5-6-13-17(16)21-19(23)20-14-8-7-11-15-9-3-2-4-10-15/h2-6,9-10,12-13H,7-8,11,14H2,1H3,(H2,20,21,23).